The Balaban J connectivity index is 1.33. The van der Waals surface area contributed by atoms with Crippen molar-refractivity contribution in [1.82, 2.24) is 4.90 Å². The van der Waals surface area contributed by atoms with Gasteiger partial charge in [0.1, 0.15) is 0 Å². The van der Waals surface area contributed by atoms with Gasteiger partial charge in [-0.15, -0.1) is 0 Å². The van der Waals surface area contributed by atoms with Crippen molar-refractivity contribution in [3.63, 3.8) is 0 Å². The van der Waals surface area contributed by atoms with Crippen molar-refractivity contribution in [2.75, 3.05) is 37.7 Å². The number of anilines is 2. The molecule has 4 heteroatoms. The van der Waals surface area contributed by atoms with Gasteiger partial charge in [0.15, 0.2) is 0 Å². The van der Waals surface area contributed by atoms with Crippen molar-refractivity contribution in [2.24, 2.45) is 5.92 Å². The molecule has 4 nitrogen and oxygen atoms in total. The van der Waals surface area contributed by atoms with E-state index in [1.807, 2.05) is 6.92 Å². The summed E-state index contributed by atoms with van der Waals surface area (Å²) in [4.78, 5) is 16.8. The minimum atomic E-state index is -0.0329. The molecule has 2 aliphatic heterocycles. The molecule has 160 valence electrons. The van der Waals surface area contributed by atoms with Gasteiger partial charge in [0, 0.05) is 24.3 Å². The van der Waals surface area contributed by atoms with Gasteiger partial charge in [-0.3, -0.25) is 4.79 Å². The van der Waals surface area contributed by atoms with Gasteiger partial charge in [0.05, 0.1) is 6.61 Å². The van der Waals surface area contributed by atoms with Crippen molar-refractivity contribution in [3.05, 3.63) is 59.7 Å². The van der Waals surface area contributed by atoms with Gasteiger partial charge in [-0.1, -0.05) is 36.4 Å². The first-order chi connectivity index (χ1) is 14.7. The lowest BCUT2D eigenvalue weighted by Gasteiger charge is -2.33. The van der Waals surface area contributed by atoms with E-state index in [4.69, 9.17) is 4.74 Å². The maximum absolute atomic E-state index is 11.7. The third-order valence-corrected chi connectivity index (χ3v) is 6.55. The van der Waals surface area contributed by atoms with Gasteiger partial charge in [-0.05, 0) is 87.8 Å². The summed E-state index contributed by atoms with van der Waals surface area (Å²) < 4.78 is 5.11. The number of ether oxygens (including phenoxy) is 1. The zero-order valence-electron chi connectivity index (χ0n) is 18.2. The Kier molecular flexibility index (Phi) is 7.06. The van der Waals surface area contributed by atoms with Crippen LogP contribution in [0.1, 0.15) is 43.7 Å². The molecule has 0 radical (unpaired) electrons. The second-order valence-electron chi connectivity index (χ2n) is 8.56. The molecule has 2 heterocycles. The highest BCUT2D eigenvalue weighted by Crippen LogP contribution is 2.36. The fraction of sp³-hybridized carbons (Fsp3) is 0.500. The lowest BCUT2D eigenvalue weighted by atomic mass is 9.93. The molecule has 0 aliphatic carbocycles. The molecule has 2 aromatic rings. The highest BCUT2D eigenvalue weighted by atomic mass is 16.5. The SMILES string of the molecule is CCOC(=O)CC1CCN(CCCN2c3ccccc3CCc3ccccc32)CC1. The smallest absolute Gasteiger partial charge is 0.306 e. The second-order valence-corrected chi connectivity index (χ2v) is 8.56. The van der Waals surface area contributed by atoms with Crippen LogP contribution in [0.4, 0.5) is 11.4 Å². The van der Waals surface area contributed by atoms with Gasteiger partial charge in [0.25, 0.3) is 0 Å². The Hall–Kier alpha value is -2.33. The summed E-state index contributed by atoms with van der Waals surface area (Å²) in [5.74, 6) is 0.458. The number of aryl methyl sites for hydroxylation is 2. The molecule has 30 heavy (non-hydrogen) atoms. The summed E-state index contributed by atoms with van der Waals surface area (Å²) in [6.07, 6.45) is 6.16. The number of rotatable bonds is 7. The Morgan fingerprint density at radius 3 is 2.13 bits per heavy atom. The van der Waals surface area contributed by atoms with Gasteiger partial charge in [0.2, 0.25) is 0 Å². The fourth-order valence-corrected chi connectivity index (χ4v) is 4.93. The molecule has 0 atom stereocenters. The van der Waals surface area contributed by atoms with E-state index in [2.05, 4.69) is 58.3 Å². The summed E-state index contributed by atoms with van der Waals surface area (Å²) in [5, 5.41) is 0. The summed E-state index contributed by atoms with van der Waals surface area (Å²) in [6.45, 7) is 6.71. The third-order valence-electron chi connectivity index (χ3n) is 6.55. The average molecular weight is 407 g/mol. The number of carbonyl (C=O) groups excluding carboxylic acids is 1. The van der Waals surface area contributed by atoms with Crippen molar-refractivity contribution >= 4 is 17.3 Å². The molecule has 0 saturated carbocycles. The number of hydrogen-bond donors (Lipinski definition) is 0. The molecule has 0 aromatic heterocycles. The predicted molar refractivity (Wildman–Crippen MR) is 122 cm³/mol. The van der Waals surface area contributed by atoms with Gasteiger partial charge >= 0.3 is 5.97 Å². The van der Waals surface area contributed by atoms with Gasteiger partial charge in [-0.2, -0.15) is 0 Å². The van der Waals surface area contributed by atoms with Crippen LogP contribution >= 0.6 is 0 Å². The van der Waals surface area contributed by atoms with E-state index >= 15 is 0 Å². The van der Waals surface area contributed by atoms with Crippen LogP contribution in [0.2, 0.25) is 0 Å². The normalized spacial score (nSPS) is 17.2. The number of benzene rings is 2. The maximum Gasteiger partial charge on any atom is 0.306 e. The molecule has 2 aromatic carbocycles. The molecule has 4 rings (SSSR count). The van der Waals surface area contributed by atoms with Crippen LogP contribution < -0.4 is 4.90 Å². The number of likely N-dealkylation sites (tertiary alicyclic amines) is 1. The van der Waals surface area contributed by atoms with E-state index in [1.165, 1.54) is 22.5 Å². The van der Waals surface area contributed by atoms with Crippen LogP contribution in [0.25, 0.3) is 0 Å². The molecule has 0 unspecified atom stereocenters. The summed E-state index contributed by atoms with van der Waals surface area (Å²) in [7, 11) is 0. The standard InChI is InChI=1S/C26H34N2O2/c1-2-30-26(29)20-21-14-18-27(19-15-21)16-7-17-28-24-10-5-3-8-22(24)12-13-23-9-4-6-11-25(23)28/h3-6,8-11,21H,2,7,12-20H2,1H3. The van der Waals surface area contributed by atoms with Crippen molar-refractivity contribution in [2.45, 2.75) is 45.4 Å². The molecule has 1 fully saturated rings. The number of carbonyl (C=O) groups is 1. The van der Waals surface area contributed by atoms with Crippen molar-refractivity contribution in [3.8, 4) is 0 Å². The molecule has 2 aliphatic rings. The number of para-hydroxylation sites is 2. The predicted octanol–water partition coefficient (Wildman–Crippen LogP) is 4.98. The zero-order chi connectivity index (χ0) is 20.8. The number of esters is 1. The average Bonchev–Trinajstić information content (AvgIpc) is 2.93. The first kappa shape index (κ1) is 20.9. The Morgan fingerprint density at radius 2 is 1.53 bits per heavy atom. The zero-order valence-corrected chi connectivity index (χ0v) is 18.2. The lowest BCUT2D eigenvalue weighted by molar-refractivity contribution is -0.144. The largest absolute Gasteiger partial charge is 0.466 e. The van der Waals surface area contributed by atoms with Gasteiger partial charge < -0.3 is 14.5 Å². The number of hydrogen-bond acceptors (Lipinski definition) is 4. The monoisotopic (exact) mass is 406 g/mol. The highest BCUT2D eigenvalue weighted by molar-refractivity contribution is 5.71. The van der Waals surface area contributed by atoms with Crippen LogP contribution in [0.5, 0.6) is 0 Å². The van der Waals surface area contributed by atoms with Crippen LogP contribution in [-0.2, 0) is 22.4 Å². The molecular formula is C26H34N2O2. The number of fused-ring (bicyclic) bond motifs is 2. The molecular weight excluding hydrogens is 372 g/mol. The highest BCUT2D eigenvalue weighted by Gasteiger charge is 2.23. The van der Waals surface area contributed by atoms with Crippen LogP contribution in [0.15, 0.2) is 48.5 Å². The second kappa shape index (κ2) is 10.1. The molecule has 0 spiro atoms. The molecule has 0 N–H and O–H groups in total. The van der Waals surface area contributed by atoms with E-state index in [9.17, 15) is 4.79 Å². The first-order valence-electron chi connectivity index (χ1n) is 11.6. The Labute approximate surface area is 180 Å². The van der Waals surface area contributed by atoms with Gasteiger partial charge in [-0.25, -0.2) is 0 Å². The quantitative estimate of drug-likeness (QED) is 0.607. The van der Waals surface area contributed by atoms with E-state index in [0.29, 0.717) is 18.9 Å². The topological polar surface area (TPSA) is 32.8 Å². The van der Waals surface area contributed by atoms with Crippen molar-refractivity contribution in [1.29, 1.82) is 0 Å². The maximum atomic E-state index is 11.7. The van der Waals surface area contributed by atoms with E-state index in [1.54, 1.807) is 0 Å². The summed E-state index contributed by atoms with van der Waals surface area (Å²) in [6, 6.07) is 17.8. The van der Waals surface area contributed by atoms with Crippen LogP contribution in [-0.4, -0.2) is 43.7 Å². The minimum Gasteiger partial charge on any atom is -0.466 e. The molecule has 0 bridgehead atoms. The lowest BCUT2D eigenvalue weighted by Crippen LogP contribution is -2.36. The van der Waals surface area contributed by atoms with Crippen LogP contribution in [0.3, 0.4) is 0 Å². The number of piperidine rings is 1. The molecule has 1 saturated heterocycles. The number of nitrogens with zero attached hydrogens (tertiary/aromatic N) is 2. The molecule has 0 amide bonds. The Bertz CT molecular complexity index is 795. The summed E-state index contributed by atoms with van der Waals surface area (Å²) >= 11 is 0. The van der Waals surface area contributed by atoms with E-state index in [-0.39, 0.29) is 5.97 Å². The van der Waals surface area contributed by atoms with E-state index in [0.717, 1.165) is 58.3 Å². The van der Waals surface area contributed by atoms with Crippen LogP contribution in [0, 0.1) is 5.92 Å². The summed E-state index contributed by atoms with van der Waals surface area (Å²) in [5.41, 5.74) is 5.65. The fourth-order valence-electron chi connectivity index (χ4n) is 4.93. The Morgan fingerprint density at radius 1 is 0.933 bits per heavy atom. The first-order valence-corrected chi connectivity index (χ1v) is 11.6. The third kappa shape index (κ3) is 5.04. The van der Waals surface area contributed by atoms with Crippen molar-refractivity contribution < 1.29 is 9.53 Å². The van der Waals surface area contributed by atoms with E-state index < -0.39 is 0 Å². The minimum absolute atomic E-state index is 0.0329.